The molecule has 0 aromatic heterocycles. The van der Waals surface area contributed by atoms with E-state index in [1.54, 1.807) is 31.2 Å². The summed E-state index contributed by atoms with van der Waals surface area (Å²) < 4.78 is 5.62. The fraction of sp³-hybridized carbons (Fsp3) is 0.278. The summed E-state index contributed by atoms with van der Waals surface area (Å²) in [6.07, 6.45) is -0.575. The molecule has 0 saturated heterocycles. The molecule has 0 heterocycles. The highest BCUT2D eigenvalue weighted by Gasteiger charge is 2.17. The van der Waals surface area contributed by atoms with Crippen LogP contribution in [0.4, 0.5) is 0 Å². The van der Waals surface area contributed by atoms with Gasteiger partial charge in [0.15, 0.2) is 6.10 Å². The monoisotopic (exact) mass is 317 g/mol. The predicted molar refractivity (Wildman–Crippen MR) is 89.3 cm³/mol. The second-order valence-electron chi connectivity index (χ2n) is 5.35. The number of carbonyl (C=O) groups excluding carboxylic acids is 1. The van der Waals surface area contributed by atoms with E-state index in [1.807, 2.05) is 38.1 Å². The van der Waals surface area contributed by atoms with Gasteiger partial charge in [-0.15, -0.1) is 0 Å². The molecule has 0 aliphatic rings. The topological polar surface area (TPSA) is 38.3 Å². The van der Waals surface area contributed by atoms with Gasteiger partial charge >= 0.3 is 0 Å². The van der Waals surface area contributed by atoms with Crippen molar-refractivity contribution in [3.63, 3.8) is 0 Å². The van der Waals surface area contributed by atoms with Crippen molar-refractivity contribution in [2.24, 2.45) is 0 Å². The maximum absolute atomic E-state index is 12.2. The summed E-state index contributed by atoms with van der Waals surface area (Å²) in [5.74, 6) is 0.470. The van der Waals surface area contributed by atoms with Crippen molar-refractivity contribution >= 4 is 17.5 Å². The van der Waals surface area contributed by atoms with Crippen LogP contribution in [0.3, 0.4) is 0 Å². The summed E-state index contributed by atoms with van der Waals surface area (Å²) >= 11 is 5.82. The first-order valence-electron chi connectivity index (χ1n) is 7.25. The number of nitrogens with one attached hydrogen (secondary N) is 1. The number of amides is 1. The van der Waals surface area contributed by atoms with E-state index in [1.165, 1.54) is 5.56 Å². The first-order valence-corrected chi connectivity index (χ1v) is 7.62. The Kier molecular flexibility index (Phi) is 5.45. The largest absolute Gasteiger partial charge is 0.481 e. The first-order chi connectivity index (χ1) is 10.5. The van der Waals surface area contributed by atoms with Gasteiger partial charge in [0.1, 0.15) is 5.75 Å². The van der Waals surface area contributed by atoms with E-state index in [2.05, 4.69) is 5.32 Å². The highest BCUT2D eigenvalue weighted by Crippen LogP contribution is 2.18. The van der Waals surface area contributed by atoms with Gasteiger partial charge in [-0.25, -0.2) is 0 Å². The third-order valence-electron chi connectivity index (χ3n) is 3.43. The van der Waals surface area contributed by atoms with E-state index < -0.39 is 6.10 Å². The van der Waals surface area contributed by atoms with Crippen LogP contribution < -0.4 is 10.1 Å². The molecule has 0 fully saturated rings. The molecule has 1 N–H and O–H groups in total. The zero-order valence-corrected chi connectivity index (χ0v) is 13.7. The van der Waals surface area contributed by atoms with Crippen LogP contribution in [-0.4, -0.2) is 12.0 Å². The normalized spacial score (nSPS) is 13.3. The first kappa shape index (κ1) is 16.4. The Morgan fingerprint density at radius 1 is 1.05 bits per heavy atom. The number of halogens is 1. The molecular formula is C18H20ClNO2. The van der Waals surface area contributed by atoms with Gasteiger partial charge in [0.25, 0.3) is 5.91 Å². The molecule has 0 aliphatic heterocycles. The maximum atomic E-state index is 12.2. The lowest BCUT2D eigenvalue weighted by Gasteiger charge is -2.19. The summed E-state index contributed by atoms with van der Waals surface area (Å²) in [6, 6.07) is 15.0. The molecule has 2 aromatic carbocycles. The fourth-order valence-electron chi connectivity index (χ4n) is 2.04. The number of hydrogen-bond donors (Lipinski definition) is 1. The fourth-order valence-corrected chi connectivity index (χ4v) is 2.17. The maximum Gasteiger partial charge on any atom is 0.261 e. The Labute approximate surface area is 136 Å². The number of ether oxygens (including phenoxy) is 1. The van der Waals surface area contributed by atoms with Gasteiger partial charge in [0.2, 0.25) is 0 Å². The van der Waals surface area contributed by atoms with Gasteiger partial charge < -0.3 is 10.1 Å². The molecule has 116 valence electrons. The summed E-state index contributed by atoms with van der Waals surface area (Å²) in [5.41, 5.74) is 2.26. The molecule has 2 atom stereocenters. The van der Waals surface area contributed by atoms with Gasteiger partial charge in [-0.3, -0.25) is 4.79 Å². The quantitative estimate of drug-likeness (QED) is 0.893. The third-order valence-corrected chi connectivity index (χ3v) is 3.68. The molecule has 2 aromatic rings. The molecule has 0 bridgehead atoms. The van der Waals surface area contributed by atoms with Crippen molar-refractivity contribution in [1.29, 1.82) is 0 Å². The van der Waals surface area contributed by atoms with Gasteiger partial charge in [-0.1, -0.05) is 41.4 Å². The minimum atomic E-state index is -0.575. The lowest BCUT2D eigenvalue weighted by molar-refractivity contribution is -0.127. The zero-order chi connectivity index (χ0) is 16.1. The number of hydrogen-bond acceptors (Lipinski definition) is 2. The van der Waals surface area contributed by atoms with Crippen LogP contribution in [0.25, 0.3) is 0 Å². The van der Waals surface area contributed by atoms with Gasteiger partial charge in [-0.05, 0) is 50.6 Å². The van der Waals surface area contributed by atoms with E-state index >= 15 is 0 Å². The molecule has 0 spiro atoms. The van der Waals surface area contributed by atoms with Crippen LogP contribution in [0.1, 0.15) is 31.0 Å². The van der Waals surface area contributed by atoms with Gasteiger partial charge in [0.05, 0.1) is 6.04 Å². The summed E-state index contributed by atoms with van der Waals surface area (Å²) in [5, 5.41) is 3.59. The van der Waals surface area contributed by atoms with Crippen molar-refractivity contribution in [2.45, 2.75) is 32.9 Å². The Morgan fingerprint density at radius 2 is 1.64 bits per heavy atom. The average molecular weight is 318 g/mol. The van der Waals surface area contributed by atoms with Crippen LogP contribution in [0, 0.1) is 6.92 Å². The standard InChI is InChI=1S/C18H20ClNO2/c1-12-4-6-15(7-5-12)13(2)20-18(21)14(3)22-17-10-8-16(19)9-11-17/h4-11,13-14H,1-3H3,(H,20,21)/t13-,14+/m1/s1. The molecule has 0 saturated carbocycles. The molecule has 0 aliphatic carbocycles. The van der Waals surface area contributed by atoms with E-state index in [4.69, 9.17) is 16.3 Å². The lowest BCUT2D eigenvalue weighted by Crippen LogP contribution is -2.37. The molecule has 3 nitrogen and oxygen atoms in total. The highest BCUT2D eigenvalue weighted by atomic mass is 35.5. The smallest absolute Gasteiger partial charge is 0.261 e. The minimum absolute atomic E-state index is 0.0654. The summed E-state index contributed by atoms with van der Waals surface area (Å²) in [6.45, 7) is 5.72. The second-order valence-corrected chi connectivity index (χ2v) is 5.79. The molecule has 0 radical (unpaired) electrons. The number of rotatable bonds is 5. The Balaban J connectivity index is 1.93. The highest BCUT2D eigenvalue weighted by molar-refractivity contribution is 6.30. The second kappa shape index (κ2) is 7.32. The van der Waals surface area contributed by atoms with Crippen LogP contribution in [0.5, 0.6) is 5.75 Å². The molecule has 1 amide bonds. The lowest BCUT2D eigenvalue weighted by atomic mass is 10.1. The van der Waals surface area contributed by atoms with Crippen LogP contribution in [-0.2, 0) is 4.79 Å². The SMILES string of the molecule is Cc1ccc([C@@H](C)NC(=O)[C@H](C)Oc2ccc(Cl)cc2)cc1. The number of aryl methyl sites for hydroxylation is 1. The Morgan fingerprint density at radius 3 is 2.23 bits per heavy atom. The van der Waals surface area contributed by atoms with E-state index in [-0.39, 0.29) is 11.9 Å². The summed E-state index contributed by atoms with van der Waals surface area (Å²) in [4.78, 5) is 12.2. The molecule has 2 rings (SSSR count). The molecule has 0 unspecified atom stereocenters. The van der Waals surface area contributed by atoms with Crippen molar-refractivity contribution in [1.82, 2.24) is 5.32 Å². The van der Waals surface area contributed by atoms with Crippen molar-refractivity contribution < 1.29 is 9.53 Å². The van der Waals surface area contributed by atoms with E-state index in [9.17, 15) is 4.79 Å². The number of carbonyl (C=O) groups is 1. The zero-order valence-electron chi connectivity index (χ0n) is 13.0. The van der Waals surface area contributed by atoms with Crippen molar-refractivity contribution in [3.05, 3.63) is 64.7 Å². The third kappa shape index (κ3) is 4.50. The van der Waals surface area contributed by atoms with Crippen molar-refractivity contribution in [3.8, 4) is 5.75 Å². The Bertz CT molecular complexity index is 623. The minimum Gasteiger partial charge on any atom is -0.481 e. The van der Waals surface area contributed by atoms with Crippen molar-refractivity contribution in [2.75, 3.05) is 0 Å². The average Bonchev–Trinajstić information content (AvgIpc) is 2.50. The van der Waals surface area contributed by atoms with E-state index in [0.29, 0.717) is 10.8 Å². The van der Waals surface area contributed by atoms with Crippen LogP contribution in [0.15, 0.2) is 48.5 Å². The summed E-state index contributed by atoms with van der Waals surface area (Å²) in [7, 11) is 0. The Hall–Kier alpha value is -2.00. The molecule has 22 heavy (non-hydrogen) atoms. The van der Waals surface area contributed by atoms with Gasteiger partial charge in [0, 0.05) is 5.02 Å². The van der Waals surface area contributed by atoms with E-state index in [0.717, 1.165) is 5.56 Å². The van der Waals surface area contributed by atoms with Crippen LogP contribution in [0.2, 0.25) is 5.02 Å². The van der Waals surface area contributed by atoms with Crippen LogP contribution >= 0.6 is 11.6 Å². The molecular weight excluding hydrogens is 298 g/mol. The molecule has 4 heteroatoms. The number of benzene rings is 2. The van der Waals surface area contributed by atoms with Gasteiger partial charge in [-0.2, -0.15) is 0 Å². The predicted octanol–water partition coefficient (Wildman–Crippen LogP) is 4.29.